The highest BCUT2D eigenvalue weighted by Gasteiger charge is 2.19. The Balaban J connectivity index is 2.12. The van der Waals surface area contributed by atoms with Crippen molar-refractivity contribution in [3.8, 4) is 6.01 Å². The first-order chi connectivity index (χ1) is 8.17. The largest absolute Gasteiger partial charge is 0.461 e. The van der Waals surface area contributed by atoms with Crippen LogP contribution in [0.3, 0.4) is 0 Å². The molecule has 1 aliphatic rings. The second kappa shape index (κ2) is 5.16. The summed E-state index contributed by atoms with van der Waals surface area (Å²) in [6.07, 6.45) is 3.69. The summed E-state index contributed by atoms with van der Waals surface area (Å²) < 4.78 is 5.49. The molecule has 1 fully saturated rings. The molecule has 17 heavy (non-hydrogen) atoms. The number of hydrogen-bond donors (Lipinski definition) is 2. The molecule has 1 saturated carbocycles. The lowest BCUT2D eigenvalue weighted by atomic mass is 9.93. The van der Waals surface area contributed by atoms with Crippen LogP contribution in [-0.4, -0.2) is 34.1 Å². The molecular weight excluding hydrogens is 218 g/mol. The molecule has 0 aromatic carbocycles. The molecule has 0 amide bonds. The maximum Gasteiger partial charge on any atom is 0.323 e. The van der Waals surface area contributed by atoms with E-state index in [9.17, 15) is 0 Å². The molecule has 0 unspecified atom stereocenters. The van der Waals surface area contributed by atoms with Crippen molar-refractivity contribution in [3.63, 3.8) is 0 Å². The van der Waals surface area contributed by atoms with E-state index in [1.807, 2.05) is 13.8 Å². The standard InChI is InChI=1S/C11H19N5O/c1-7(2)17-11-15-9(12-3)14-10(16-11)13-8-5-4-6-8/h7-8H,4-6H2,1-3H3,(H2,12,13,14,15,16). The number of anilines is 2. The van der Waals surface area contributed by atoms with Gasteiger partial charge in [-0.05, 0) is 33.1 Å². The van der Waals surface area contributed by atoms with E-state index in [1.54, 1.807) is 7.05 Å². The summed E-state index contributed by atoms with van der Waals surface area (Å²) in [5.74, 6) is 1.11. The fraction of sp³-hybridized carbons (Fsp3) is 0.727. The topological polar surface area (TPSA) is 72.0 Å². The third-order valence-electron chi connectivity index (χ3n) is 2.62. The number of rotatable bonds is 5. The van der Waals surface area contributed by atoms with Gasteiger partial charge in [-0.3, -0.25) is 0 Å². The van der Waals surface area contributed by atoms with Crippen molar-refractivity contribution in [3.05, 3.63) is 0 Å². The van der Waals surface area contributed by atoms with E-state index >= 15 is 0 Å². The predicted molar refractivity (Wildman–Crippen MR) is 66.4 cm³/mol. The third-order valence-corrected chi connectivity index (χ3v) is 2.62. The Kier molecular flexibility index (Phi) is 3.61. The second-order valence-corrected chi connectivity index (χ2v) is 4.45. The van der Waals surface area contributed by atoms with Crippen molar-refractivity contribution in [2.75, 3.05) is 17.7 Å². The smallest absolute Gasteiger partial charge is 0.323 e. The Bertz CT molecular complexity index is 378. The van der Waals surface area contributed by atoms with Crippen LogP contribution in [0.25, 0.3) is 0 Å². The molecule has 0 bridgehead atoms. The van der Waals surface area contributed by atoms with Gasteiger partial charge in [-0.25, -0.2) is 0 Å². The molecule has 1 aliphatic carbocycles. The summed E-state index contributed by atoms with van der Waals surface area (Å²) in [5, 5.41) is 6.19. The maximum atomic E-state index is 5.49. The van der Waals surface area contributed by atoms with Gasteiger partial charge in [0.1, 0.15) is 0 Å². The van der Waals surface area contributed by atoms with Gasteiger partial charge in [0, 0.05) is 13.1 Å². The number of nitrogens with zero attached hydrogens (tertiary/aromatic N) is 3. The predicted octanol–water partition coefficient (Wildman–Crippen LogP) is 1.66. The Hall–Kier alpha value is -1.59. The molecule has 0 atom stereocenters. The molecule has 6 heteroatoms. The van der Waals surface area contributed by atoms with Gasteiger partial charge in [0.25, 0.3) is 0 Å². The Morgan fingerprint density at radius 1 is 1.18 bits per heavy atom. The minimum absolute atomic E-state index is 0.0543. The summed E-state index contributed by atoms with van der Waals surface area (Å²) >= 11 is 0. The average Bonchev–Trinajstić information content (AvgIpc) is 2.22. The molecule has 0 radical (unpaired) electrons. The molecule has 1 heterocycles. The van der Waals surface area contributed by atoms with Crippen molar-refractivity contribution in [1.29, 1.82) is 0 Å². The quantitative estimate of drug-likeness (QED) is 0.811. The average molecular weight is 237 g/mol. The lowest BCUT2D eigenvalue weighted by Crippen LogP contribution is -2.28. The first kappa shape index (κ1) is 11.9. The normalized spacial score (nSPS) is 15.5. The van der Waals surface area contributed by atoms with Crippen LogP contribution in [0.5, 0.6) is 6.01 Å². The highest BCUT2D eigenvalue weighted by Crippen LogP contribution is 2.22. The van der Waals surface area contributed by atoms with Crippen LogP contribution in [0.1, 0.15) is 33.1 Å². The van der Waals surface area contributed by atoms with E-state index in [1.165, 1.54) is 19.3 Å². The van der Waals surface area contributed by atoms with E-state index in [0.717, 1.165) is 0 Å². The second-order valence-electron chi connectivity index (χ2n) is 4.45. The van der Waals surface area contributed by atoms with Gasteiger partial charge in [0.15, 0.2) is 0 Å². The van der Waals surface area contributed by atoms with Crippen molar-refractivity contribution in [1.82, 2.24) is 15.0 Å². The van der Waals surface area contributed by atoms with Crippen LogP contribution in [0.4, 0.5) is 11.9 Å². The summed E-state index contributed by atoms with van der Waals surface area (Å²) in [6.45, 7) is 3.89. The fourth-order valence-corrected chi connectivity index (χ4v) is 1.53. The zero-order valence-corrected chi connectivity index (χ0v) is 10.5. The molecule has 0 spiro atoms. The van der Waals surface area contributed by atoms with Gasteiger partial charge in [-0.1, -0.05) is 0 Å². The molecule has 2 rings (SSSR count). The van der Waals surface area contributed by atoms with Crippen molar-refractivity contribution < 1.29 is 4.74 Å². The zero-order chi connectivity index (χ0) is 12.3. The number of nitrogens with one attached hydrogen (secondary N) is 2. The van der Waals surface area contributed by atoms with E-state index in [2.05, 4.69) is 25.6 Å². The van der Waals surface area contributed by atoms with E-state index in [4.69, 9.17) is 4.74 Å². The maximum absolute atomic E-state index is 5.49. The first-order valence-corrected chi connectivity index (χ1v) is 6.04. The highest BCUT2D eigenvalue weighted by atomic mass is 16.5. The molecule has 1 aromatic heterocycles. The minimum Gasteiger partial charge on any atom is -0.461 e. The van der Waals surface area contributed by atoms with Gasteiger partial charge >= 0.3 is 6.01 Å². The van der Waals surface area contributed by atoms with Gasteiger partial charge in [-0.15, -0.1) is 0 Å². The summed E-state index contributed by atoms with van der Waals surface area (Å²) in [7, 11) is 1.78. The highest BCUT2D eigenvalue weighted by molar-refractivity contribution is 5.36. The Morgan fingerprint density at radius 2 is 1.88 bits per heavy atom. The van der Waals surface area contributed by atoms with E-state index in [-0.39, 0.29) is 6.10 Å². The van der Waals surface area contributed by atoms with Crippen LogP contribution < -0.4 is 15.4 Å². The van der Waals surface area contributed by atoms with Crippen LogP contribution in [0.2, 0.25) is 0 Å². The van der Waals surface area contributed by atoms with Gasteiger partial charge in [-0.2, -0.15) is 15.0 Å². The minimum atomic E-state index is 0.0543. The van der Waals surface area contributed by atoms with E-state index < -0.39 is 0 Å². The van der Waals surface area contributed by atoms with Crippen molar-refractivity contribution in [2.45, 2.75) is 45.3 Å². The molecule has 94 valence electrons. The van der Waals surface area contributed by atoms with Crippen LogP contribution >= 0.6 is 0 Å². The van der Waals surface area contributed by atoms with Crippen molar-refractivity contribution >= 4 is 11.9 Å². The molecule has 1 aromatic rings. The number of aromatic nitrogens is 3. The lowest BCUT2D eigenvalue weighted by molar-refractivity contribution is 0.222. The summed E-state index contributed by atoms with van der Waals surface area (Å²) in [4.78, 5) is 12.7. The molecule has 0 aliphatic heterocycles. The molecular formula is C11H19N5O. The van der Waals surface area contributed by atoms with E-state index in [0.29, 0.717) is 23.9 Å². The summed E-state index contributed by atoms with van der Waals surface area (Å²) in [6, 6.07) is 0.857. The molecule has 0 saturated heterocycles. The van der Waals surface area contributed by atoms with Crippen LogP contribution in [-0.2, 0) is 0 Å². The van der Waals surface area contributed by atoms with Crippen LogP contribution in [0, 0.1) is 0 Å². The lowest BCUT2D eigenvalue weighted by Gasteiger charge is -2.26. The monoisotopic (exact) mass is 237 g/mol. The molecule has 6 nitrogen and oxygen atoms in total. The Labute approximate surface area is 101 Å². The van der Waals surface area contributed by atoms with Gasteiger partial charge in [0.2, 0.25) is 11.9 Å². The number of hydrogen-bond acceptors (Lipinski definition) is 6. The third kappa shape index (κ3) is 3.18. The van der Waals surface area contributed by atoms with Crippen LogP contribution in [0.15, 0.2) is 0 Å². The zero-order valence-electron chi connectivity index (χ0n) is 10.5. The Morgan fingerprint density at radius 3 is 2.41 bits per heavy atom. The van der Waals surface area contributed by atoms with Gasteiger partial charge < -0.3 is 15.4 Å². The summed E-state index contributed by atoms with van der Waals surface area (Å²) in [5.41, 5.74) is 0. The SMILES string of the molecule is CNc1nc(NC2CCC2)nc(OC(C)C)n1. The van der Waals surface area contributed by atoms with Crippen molar-refractivity contribution in [2.24, 2.45) is 0 Å². The number of ether oxygens (including phenoxy) is 1. The first-order valence-electron chi connectivity index (χ1n) is 6.04. The van der Waals surface area contributed by atoms with Gasteiger partial charge in [0.05, 0.1) is 6.10 Å². The molecule has 2 N–H and O–H groups in total. The fourth-order valence-electron chi connectivity index (χ4n) is 1.53.